The van der Waals surface area contributed by atoms with E-state index < -0.39 is 5.41 Å². The van der Waals surface area contributed by atoms with Crippen LogP contribution in [0.2, 0.25) is 0 Å². The number of benzene rings is 10. The first-order valence-electron chi connectivity index (χ1n) is 21.7. The van der Waals surface area contributed by atoms with Gasteiger partial charge in [-0.15, -0.1) is 11.3 Å². The van der Waals surface area contributed by atoms with E-state index in [4.69, 9.17) is 0 Å². The van der Waals surface area contributed by atoms with Crippen molar-refractivity contribution in [2.45, 2.75) is 5.41 Å². The Morgan fingerprint density at radius 1 is 0.333 bits per heavy atom. The zero-order valence-electron chi connectivity index (χ0n) is 34.5. The Balaban J connectivity index is 1.16. The summed E-state index contributed by atoms with van der Waals surface area (Å²) in [6.45, 7) is 0. The Morgan fingerprint density at radius 3 is 1.37 bits per heavy atom. The number of para-hydroxylation sites is 1. The minimum atomic E-state index is -0.602. The Bertz CT molecular complexity index is 3360. The van der Waals surface area contributed by atoms with Crippen LogP contribution in [0.1, 0.15) is 22.3 Å². The van der Waals surface area contributed by atoms with Crippen molar-refractivity contribution in [1.82, 2.24) is 0 Å². The van der Waals surface area contributed by atoms with Crippen LogP contribution < -0.4 is 4.90 Å². The van der Waals surface area contributed by atoms with Gasteiger partial charge in [0.25, 0.3) is 0 Å². The number of hydrogen-bond acceptors (Lipinski definition) is 2. The summed E-state index contributed by atoms with van der Waals surface area (Å²) in [5.74, 6) is 0. The molecule has 0 atom stereocenters. The van der Waals surface area contributed by atoms with Gasteiger partial charge in [-0.3, -0.25) is 0 Å². The molecule has 0 saturated heterocycles. The maximum Gasteiger partial charge on any atom is 0.0715 e. The highest BCUT2D eigenvalue weighted by Gasteiger charge is 2.48. The van der Waals surface area contributed by atoms with Crippen LogP contribution in [0.3, 0.4) is 0 Å². The third kappa shape index (κ3) is 6.06. The zero-order chi connectivity index (χ0) is 41.7. The van der Waals surface area contributed by atoms with Crippen LogP contribution in [-0.2, 0) is 5.41 Å². The van der Waals surface area contributed by atoms with Gasteiger partial charge >= 0.3 is 0 Å². The van der Waals surface area contributed by atoms with Crippen LogP contribution in [0, 0.1) is 0 Å². The van der Waals surface area contributed by atoms with Crippen molar-refractivity contribution in [3.63, 3.8) is 0 Å². The molecule has 0 spiro atoms. The molecule has 0 bridgehead atoms. The highest BCUT2D eigenvalue weighted by Crippen LogP contribution is 2.63. The fraction of sp³-hybridized carbons (Fsp3) is 0.0164. The van der Waals surface area contributed by atoms with Crippen molar-refractivity contribution in [3.8, 4) is 44.5 Å². The molecule has 1 aromatic heterocycles. The van der Waals surface area contributed by atoms with E-state index in [0.29, 0.717) is 0 Å². The Labute approximate surface area is 372 Å². The van der Waals surface area contributed by atoms with Crippen molar-refractivity contribution >= 4 is 48.6 Å². The van der Waals surface area contributed by atoms with Gasteiger partial charge in [0.15, 0.2) is 0 Å². The number of hydrogen-bond donors (Lipinski definition) is 0. The average molecular weight is 820 g/mol. The molecule has 1 aliphatic rings. The molecule has 0 N–H and O–H groups in total. The van der Waals surface area contributed by atoms with Crippen LogP contribution in [0.25, 0.3) is 64.7 Å². The zero-order valence-corrected chi connectivity index (χ0v) is 35.3. The molecule has 0 unspecified atom stereocenters. The summed E-state index contributed by atoms with van der Waals surface area (Å²) < 4.78 is 2.55. The van der Waals surface area contributed by atoms with Gasteiger partial charge in [0, 0.05) is 37.1 Å². The van der Waals surface area contributed by atoms with Crippen LogP contribution in [-0.4, -0.2) is 0 Å². The number of fused-ring (bicyclic) bond motifs is 6. The van der Waals surface area contributed by atoms with E-state index in [9.17, 15) is 0 Å². The van der Waals surface area contributed by atoms with E-state index in [-0.39, 0.29) is 0 Å². The monoisotopic (exact) mass is 819 g/mol. The van der Waals surface area contributed by atoms with Crippen molar-refractivity contribution in [1.29, 1.82) is 0 Å². The van der Waals surface area contributed by atoms with Crippen molar-refractivity contribution in [3.05, 3.63) is 271 Å². The first-order valence-corrected chi connectivity index (χ1v) is 22.5. The van der Waals surface area contributed by atoms with Crippen LogP contribution >= 0.6 is 11.3 Å². The second kappa shape index (κ2) is 15.3. The Hall–Kier alpha value is -7.78. The molecule has 296 valence electrons. The van der Waals surface area contributed by atoms with E-state index in [1.165, 1.54) is 92.6 Å². The molecule has 1 nitrogen and oxygen atoms in total. The summed E-state index contributed by atoms with van der Waals surface area (Å²) in [5, 5.41) is 2.54. The van der Waals surface area contributed by atoms with Crippen molar-refractivity contribution < 1.29 is 0 Å². The van der Waals surface area contributed by atoms with Crippen molar-refractivity contribution in [2.75, 3.05) is 4.90 Å². The molecule has 2 heteroatoms. The normalized spacial score (nSPS) is 12.6. The van der Waals surface area contributed by atoms with Crippen LogP contribution in [0.15, 0.2) is 249 Å². The van der Waals surface area contributed by atoms with E-state index in [1.54, 1.807) is 0 Å². The van der Waals surface area contributed by atoms with Gasteiger partial charge in [-0.25, -0.2) is 0 Å². The van der Waals surface area contributed by atoms with E-state index in [1.807, 2.05) is 11.3 Å². The summed E-state index contributed by atoms with van der Waals surface area (Å²) in [6, 6.07) is 91.6. The molecule has 0 saturated carbocycles. The average Bonchev–Trinajstić information content (AvgIpc) is 3.89. The fourth-order valence-corrected chi connectivity index (χ4v) is 11.3. The lowest BCUT2D eigenvalue weighted by atomic mass is 9.67. The van der Waals surface area contributed by atoms with Crippen LogP contribution in [0.5, 0.6) is 0 Å². The van der Waals surface area contributed by atoms with Gasteiger partial charge in [0.05, 0.1) is 11.1 Å². The molecular weight excluding hydrogens is 779 g/mol. The number of thiophene rings is 1. The summed E-state index contributed by atoms with van der Waals surface area (Å²) in [7, 11) is 0. The molecule has 12 rings (SSSR count). The van der Waals surface area contributed by atoms with E-state index >= 15 is 0 Å². The Kier molecular flexibility index (Phi) is 8.98. The van der Waals surface area contributed by atoms with Gasteiger partial charge in [0.1, 0.15) is 0 Å². The third-order valence-electron chi connectivity index (χ3n) is 12.9. The maximum absolute atomic E-state index is 2.53. The lowest BCUT2D eigenvalue weighted by molar-refractivity contribution is 0.770. The fourth-order valence-electron chi connectivity index (χ4n) is 10.1. The maximum atomic E-state index is 2.53. The SMILES string of the molecule is c1ccc(-c2ccc(-c3ccc(N(c4ccccc4)c4c5c(cc6sc7ccccc7c46)C(c4ccccc4)(c4ccccc4)c4cc(-c6ccccc6)ccc4-5)cc3)cc2)cc1. The third-order valence-corrected chi connectivity index (χ3v) is 14.1. The summed E-state index contributed by atoms with van der Waals surface area (Å²) in [6.07, 6.45) is 0. The lowest BCUT2D eigenvalue weighted by Crippen LogP contribution is -2.28. The molecule has 0 aliphatic heterocycles. The quantitative estimate of drug-likeness (QED) is 0.148. The summed E-state index contributed by atoms with van der Waals surface area (Å²) >= 11 is 1.89. The van der Waals surface area contributed by atoms with E-state index in [2.05, 4.69) is 254 Å². The van der Waals surface area contributed by atoms with Gasteiger partial charge in [-0.05, 0) is 104 Å². The second-order valence-corrected chi connectivity index (χ2v) is 17.5. The minimum absolute atomic E-state index is 0.602. The molecule has 10 aromatic carbocycles. The molecule has 11 aromatic rings. The highest BCUT2D eigenvalue weighted by molar-refractivity contribution is 7.26. The molecular formula is C61H41NS. The molecule has 1 aliphatic carbocycles. The number of nitrogens with zero attached hydrogens (tertiary/aromatic N) is 1. The molecule has 0 radical (unpaired) electrons. The lowest BCUT2D eigenvalue weighted by Gasteiger charge is -2.35. The number of anilines is 3. The standard InChI is InChI=1S/C61H41NS/c1-6-18-42(19-7-1)44-30-32-45(33-31-44)46-34-37-51(38-35-46)62(50-26-14-5-15-27-50)60-58-52-39-36-47(43-20-8-2-9-21-43)40-54(52)61(48-22-10-3-11-23-48,49-24-12-4-13-25-49)55(58)41-57-59(60)53-28-16-17-29-56(53)63-57/h1-41H. The summed E-state index contributed by atoms with van der Waals surface area (Å²) in [4.78, 5) is 2.53. The van der Waals surface area contributed by atoms with Gasteiger partial charge in [-0.1, -0.05) is 206 Å². The van der Waals surface area contributed by atoms with Gasteiger partial charge < -0.3 is 4.90 Å². The topological polar surface area (TPSA) is 3.24 Å². The second-order valence-electron chi connectivity index (χ2n) is 16.4. The smallest absolute Gasteiger partial charge is 0.0715 e. The van der Waals surface area contributed by atoms with Gasteiger partial charge in [-0.2, -0.15) is 0 Å². The largest absolute Gasteiger partial charge is 0.309 e. The first kappa shape index (κ1) is 37.0. The predicted molar refractivity (Wildman–Crippen MR) is 268 cm³/mol. The summed E-state index contributed by atoms with van der Waals surface area (Å²) in [5.41, 5.74) is 17.7. The van der Waals surface area contributed by atoms with Crippen molar-refractivity contribution in [2.24, 2.45) is 0 Å². The molecule has 0 fully saturated rings. The first-order chi connectivity index (χ1) is 31.3. The predicted octanol–water partition coefficient (Wildman–Crippen LogP) is 16.9. The highest BCUT2D eigenvalue weighted by atomic mass is 32.1. The molecule has 63 heavy (non-hydrogen) atoms. The Morgan fingerprint density at radius 2 is 0.778 bits per heavy atom. The van der Waals surface area contributed by atoms with Gasteiger partial charge in [0.2, 0.25) is 0 Å². The molecule has 0 amide bonds. The van der Waals surface area contributed by atoms with E-state index in [0.717, 1.165) is 11.4 Å². The molecule has 1 heterocycles. The number of rotatable bonds is 8. The van der Waals surface area contributed by atoms with Crippen LogP contribution in [0.4, 0.5) is 17.1 Å². The minimum Gasteiger partial charge on any atom is -0.309 e.